The number of hydrogen-bond acceptors (Lipinski definition) is 4. The Labute approximate surface area is 186 Å². The highest BCUT2D eigenvalue weighted by Crippen LogP contribution is 2.34. The Hall–Kier alpha value is -3.01. The Morgan fingerprint density at radius 3 is 2.26 bits per heavy atom. The van der Waals surface area contributed by atoms with Gasteiger partial charge in [-0.2, -0.15) is 0 Å². The monoisotopic (exact) mass is 422 g/mol. The molecule has 0 spiro atoms. The third-order valence-electron chi connectivity index (χ3n) is 4.76. The molecule has 2 aromatic rings. The minimum absolute atomic E-state index is 0.0872. The number of aryl methyl sites for hydroxylation is 1. The van der Waals surface area contributed by atoms with E-state index in [9.17, 15) is 4.79 Å². The van der Waals surface area contributed by atoms with Crippen LogP contribution < -0.4 is 14.2 Å². The molecule has 0 saturated carbocycles. The van der Waals surface area contributed by atoms with Gasteiger partial charge in [0.15, 0.2) is 5.78 Å². The molecule has 0 fully saturated rings. The van der Waals surface area contributed by atoms with Crippen molar-refractivity contribution in [3.63, 3.8) is 0 Å². The minimum Gasteiger partial charge on any atom is -0.493 e. The second-order valence-electron chi connectivity index (χ2n) is 7.35. The third-order valence-corrected chi connectivity index (χ3v) is 4.76. The molecule has 0 atom stereocenters. The lowest BCUT2D eigenvalue weighted by molar-refractivity contribution is 0.104. The summed E-state index contributed by atoms with van der Waals surface area (Å²) in [7, 11) is 0. The van der Waals surface area contributed by atoms with Gasteiger partial charge in [0.2, 0.25) is 0 Å². The predicted molar refractivity (Wildman–Crippen MR) is 127 cm³/mol. The van der Waals surface area contributed by atoms with Crippen molar-refractivity contribution in [1.29, 1.82) is 0 Å². The predicted octanol–water partition coefficient (Wildman–Crippen LogP) is 6.81. The van der Waals surface area contributed by atoms with E-state index in [1.165, 1.54) is 0 Å². The van der Waals surface area contributed by atoms with Crippen molar-refractivity contribution in [2.24, 2.45) is 0 Å². The molecule has 0 aromatic heterocycles. The molecule has 0 saturated heterocycles. The number of unbranched alkanes of at least 4 members (excludes halogenated alkanes) is 2. The maximum Gasteiger partial charge on any atom is 0.185 e. The molecule has 4 nitrogen and oxygen atoms in total. The van der Waals surface area contributed by atoms with E-state index >= 15 is 0 Å². The first-order chi connectivity index (χ1) is 15.1. The lowest BCUT2D eigenvalue weighted by atomic mass is 10.1. The Kier molecular flexibility index (Phi) is 10.4. The maximum atomic E-state index is 12.7. The first kappa shape index (κ1) is 24.3. The lowest BCUT2D eigenvalue weighted by Gasteiger charge is -2.16. The van der Waals surface area contributed by atoms with Crippen LogP contribution in [0.15, 0.2) is 55.1 Å². The summed E-state index contributed by atoms with van der Waals surface area (Å²) in [5, 5.41) is 0. The summed E-state index contributed by atoms with van der Waals surface area (Å²) >= 11 is 0. The number of carbonyl (C=O) groups excluding carboxylic acids is 1. The van der Waals surface area contributed by atoms with Gasteiger partial charge in [-0.25, -0.2) is 0 Å². The van der Waals surface area contributed by atoms with E-state index in [2.05, 4.69) is 20.4 Å². The largest absolute Gasteiger partial charge is 0.493 e. The molecule has 0 amide bonds. The highest BCUT2D eigenvalue weighted by Gasteiger charge is 2.13. The van der Waals surface area contributed by atoms with Crippen LogP contribution >= 0.6 is 0 Å². The van der Waals surface area contributed by atoms with Crippen LogP contribution in [-0.4, -0.2) is 25.6 Å². The van der Waals surface area contributed by atoms with Crippen molar-refractivity contribution in [1.82, 2.24) is 0 Å². The Bertz CT molecular complexity index is 866. The molecule has 4 heteroatoms. The number of carbonyl (C=O) groups is 1. The van der Waals surface area contributed by atoms with E-state index in [0.717, 1.165) is 48.3 Å². The van der Waals surface area contributed by atoms with Gasteiger partial charge in [0.05, 0.1) is 18.8 Å². The summed E-state index contributed by atoms with van der Waals surface area (Å²) in [6.45, 7) is 11.6. The number of benzene rings is 2. The van der Waals surface area contributed by atoms with Crippen molar-refractivity contribution in [2.75, 3.05) is 19.8 Å². The van der Waals surface area contributed by atoms with Gasteiger partial charge >= 0.3 is 0 Å². The molecule has 0 aliphatic rings. The highest BCUT2D eigenvalue weighted by molar-refractivity contribution is 6.07. The number of hydrogen-bond donors (Lipinski definition) is 0. The van der Waals surface area contributed by atoms with Crippen LogP contribution in [0.4, 0.5) is 0 Å². The molecule has 31 heavy (non-hydrogen) atoms. The van der Waals surface area contributed by atoms with Crippen molar-refractivity contribution in [3.05, 3.63) is 71.8 Å². The van der Waals surface area contributed by atoms with Crippen LogP contribution in [0.5, 0.6) is 17.2 Å². The number of rotatable bonds is 14. The molecule has 0 unspecified atom stereocenters. The second-order valence-corrected chi connectivity index (χ2v) is 7.35. The SMILES string of the molecule is C=CCOc1ccc(C(=O)C=Cc2c(OCCCC)ccc(C)c2OCCCC)cc1. The molecule has 2 aromatic carbocycles. The standard InChI is InChI=1S/C27H34O4/c1-5-8-19-30-26-17-10-21(4)27(31-20-9-6-2)24(26)15-16-25(28)22-11-13-23(14-12-22)29-18-7-3/h7,10-17H,3,5-6,8-9,18-20H2,1-2,4H3. The number of ketones is 1. The van der Waals surface area contributed by atoms with E-state index in [0.29, 0.717) is 31.1 Å². The first-order valence-corrected chi connectivity index (χ1v) is 11.1. The third kappa shape index (κ3) is 7.63. The van der Waals surface area contributed by atoms with E-state index in [4.69, 9.17) is 14.2 Å². The van der Waals surface area contributed by atoms with Gasteiger partial charge < -0.3 is 14.2 Å². The first-order valence-electron chi connectivity index (χ1n) is 11.1. The minimum atomic E-state index is -0.0872. The number of ether oxygens (including phenoxy) is 3. The van der Waals surface area contributed by atoms with Gasteiger partial charge in [0.1, 0.15) is 23.9 Å². The fourth-order valence-electron chi connectivity index (χ4n) is 2.94. The van der Waals surface area contributed by atoms with Gasteiger partial charge in [0, 0.05) is 5.56 Å². The lowest BCUT2D eigenvalue weighted by Crippen LogP contribution is -2.04. The molecule has 0 bridgehead atoms. The fourth-order valence-corrected chi connectivity index (χ4v) is 2.94. The molecule has 0 heterocycles. The second kappa shape index (κ2) is 13.3. The molecule has 0 N–H and O–H groups in total. The van der Waals surface area contributed by atoms with E-state index in [-0.39, 0.29) is 5.78 Å². The van der Waals surface area contributed by atoms with Crippen LogP contribution in [0.25, 0.3) is 6.08 Å². The van der Waals surface area contributed by atoms with E-state index in [1.807, 2.05) is 19.1 Å². The van der Waals surface area contributed by atoms with Crippen molar-refractivity contribution < 1.29 is 19.0 Å². The summed E-state index contributed by atoms with van der Waals surface area (Å²) in [6, 6.07) is 11.1. The summed E-state index contributed by atoms with van der Waals surface area (Å²) in [4.78, 5) is 12.7. The summed E-state index contributed by atoms with van der Waals surface area (Å²) in [5.41, 5.74) is 2.43. The van der Waals surface area contributed by atoms with Crippen molar-refractivity contribution >= 4 is 11.9 Å². The van der Waals surface area contributed by atoms with Crippen LogP contribution in [-0.2, 0) is 0 Å². The van der Waals surface area contributed by atoms with Crippen LogP contribution in [0.3, 0.4) is 0 Å². The maximum absolute atomic E-state index is 12.7. The van der Waals surface area contributed by atoms with Crippen LogP contribution in [0.1, 0.15) is 61.0 Å². The molecular formula is C27H34O4. The molecule has 0 aliphatic carbocycles. The Balaban J connectivity index is 2.26. The average Bonchev–Trinajstić information content (AvgIpc) is 2.79. The Morgan fingerprint density at radius 1 is 0.935 bits per heavy atom. The van der Waals surface area contributed by atoms with Gasteiger partial charge in [-0.05, 0) is 67.8 Å². The van der Waals surface area contributed by atoms with Gasteiger partial charge in [-0.15, -0.1) is 0 Å². The van der Waals surface area contributed by atoms with Crippen molar-refractivity contribution in [2.45, 2.75) is 46.5 Å². The summed E-state index contributed by atoms with van der Waals surface area (Å²) < 4.78 is 17.6. The normalized spacial score (nSPS) is 10.8. The van der Waals surface area contributed by atoms with Crippen molar-refractivity contribution in [3.8, 4) is 17.2 Å². The molecule has 0 aliphatic heterocycles. The highest BCUT2D eigenvalue weighted by atomic mass is 16.5. The zero-order chi connectivity index (χ0) is 22.5. The topological polar surface area (TPSA) is 44.8 Å². The summed E-state index contributed by atoms with van der Waals surface area (Å²) in [6.07, 6.45) is 9.13. The Morgan fingerprint density at radius 2 is 1.61 bits per heavy atom. The zero-order valence-corrected chi connectivity index (χ0v) is 19.0. The molecule has 166 valence electrons. The molecular weight excluding hydrogens is 388 g/mol. The average molecular weight is 423 g/mol. The van der Waals surface area contributed by atoms with Crippen LogP contribution in [0.2, 0.25) is 0 Å². The van der Waals surface area contributed by atoms with E-state index < -0.39 is 0 Å². The summed E-state index contributed by atoms with van der Waals surface area (Å²) in [5.74, 6) is 2.13. The smallest absolute Gasteiger partial charge is 0.185 e. The van der Waals surface area contributed by atoms with E-state index in [1.54, 1.807) is 42.5 Å². The fraction of sp³-hybridized carbons (Fsp3) is 0.370. The van der Waals surface area contributed by atoms with Gasteiger partial charge in [-0.3, -0.25) is 4.79 Å². The number of allylic oxidation sites excluding steroid dienone is 1. The van der Waals surface area contributed by atoms with Crippen LogP contribution in [0, 0.1) is 6.92 Å². The van der Waals surface area contributed by atoms with Gasteiger partial charge in [-0.1, -0.05) is 45.4 Å². The van der Waals surface area contributed by atoms with Gasteiger partial charge in [0.25, 0.3) is 0 Å². The molecule has 2 rings (SSSR count). The molecule has 0 radical (unpaired) electrons. The zero-order valence-electron chi connectivity index (χ0n) is 19.0. The quantitative estimate of drug-likeness (QED) is 0.145.